The number of ether oxygens (including phenoxy) is 3. The molecule has 0 aliphatic rings. The average Bonchev–Trinajstić information content (AvgIpc) is 2.68. The van der Waals surface area contributed by atoms with Crippen LogP contribution in [-0.2, 0) is 16.1 Å². The van der Waals surface area contributed by atoms with Crippen molar-refractivity contribution >= 4 is 11.9 Å². The van der Waals surface area contributed by atoms with Gasteiger partial charge in [-0.3, -0.25) is 4.79 Å². The third-order valence-corrected chi connectivity index (χ3v) is 3.36. The Bertz CT molecular complexity index is 900. The Balaban J connectivity index is 1.82. The van der Waals surface area contributed by atoms with Crippen LogP contribution in [0.4, 0.5) is 26.3 Å². The number of aromatic nitrogens is 1. The molecule has 0 unspecified atom stereocenters. The van der Waals surface area contributed by atoms with Gasteiger partial charge in [-0.25, -0.2) is 9.78 Å². The van der Waals surface area contributed by atoms with Crippen molar-refractivity contribution in [2.24, 2.45) is 0 Å². The summed E-state index contributed by atoms with van der Waals surface area (Å²) in [5.74, 6) is -2.67. The number of benzene rings is 1. The number of rotatable bonds is 8. The third-order valence-electron chi connectivity index (χ3n) is 3.36. The van der Waals surface area contributed by atoms with Crippen LogP contribution in [0.5, 0.6) is 11.6 Å². The number of amides is 1. The molecule has 0 atom stereocenters. The van der Waals surface area contributed by atoms with Gasteiger partial charge in [0.1, 0.15) is 5.75 Å². The summed E-state index contributed by atoms with van der Waals surface area (Å²) in [7, 11) is 0. The maximum absolute atomic E-state index is 12.4. The zero-order valence-electron chi connectivity index (χ0n) is 15.4. The Hall–Kier alpha value is -3.51. The predicted octanol–water partition coefficient (Wildman–Crippen LogP) is 3.39. The van der Waals surface area contributed by atoms with Gasteiger partial charge in [-0.15, -0.1) is 13.2 Å². The second-order valence-electron chi connectivity index (χ2n) is 5.80. The van der Waals surface area contributed by atoms with Gasteiger partial charge in [0.25, 0.3) is 5.91 Å². The van der Waals surface area contributed by atoms with Gasteiger partial charge in [-0.05, 0) is 12.1 Å². The van der Waals surface area contributed by atoms with E-state index in [1.165, 1.54) is 18.2 Å². The number of carbonyl (C=O) groups is 2. The summed E-state index contributed by atoms with van der Waals surface area (Å²) in [6.45, 7) is -2.63. The molecular weight excluding hydrogens is 438 g/mol. The fourth-order valence-corrected chi connectivity index (χ4v) is 2.08. The molecule has 1 aromatic heterocycles. The van der Waals surface area contributed by atoms with E-state index in [0.29, 0.717) is 0 Å². The molecular formula is C18H14F6N2O5. The highest BCUT2D eigenvalue weighted by molar-refractivity contribution is 5.91. The number of hydrogen-bond donors (Lipinski definition) is 1. The van der Waals surface area contributed by atoms with Crippen LogP contribution in [-0.4, -0.2) is 42.6 Å². The molecule has 1 aromatic carbocycles. The van der Waals surface area contributed by atoms with E-state index in [1.54, 1.807) is 0 Å². The zero-order chi connectivity index (χ0) is 23.1. The van der Waals surface area contributed by atoms with Gasteiger partial charge in [0, 0.05) is 24.4 Å². The van der Waals surface area contributed by atoms with Gasteiger partial charge in [-0.2, -0.15) is 13.2 Å². The fourth-order valence-electron chi connectivity index (χ4n) is 2.08. The Morgan fingerprint density at radius 2 is 1.71 bits per heavy atom. The summed E-state index contributed by atoms with van der Waals surface area (Å²) in [6.07, 6.45) is -8.56. The average molecular weight is 452 g/mol. The van der Waals surface area contributed by atoms with Crippen molar-refractivity contribution in [3.8, 4) is 11.6 Å². The Kier molecular flexibility index (Phi) is 7.67. The molecule has 0 saturated heterocycles. The van der Waals surface area contributed by atoms with Gasteiger partial charge in [0.2, 0.25) is 5.88 Å². The maximum atomic E-state index is 12.4. The Labute approximate surface area is 170 Å². The van der Waals surface area contributed by atoms with Crippen LogP contribution in [0, 0.1) is 0 Å². The van der Waals surface area contributed by atoms with Crippen molar-refractivity contribution in [3.05, 3.63) is 53.7 Å². The van der Waals surface area contributed by atoms with Gasteiger partial charge in [-0.1, -0.05) is 18.2 Å². The number of pyridine rings is 1. The first-order valence-electron chi connectivity index (χ1n) is 8.36. The standard InChI is InChI=1S/C18H14F6N2O5/c19-17(20,21)10-30-15-6-5-12(8-26-15)16(28)29-9-14(27)25-7-11-3-1-2-4-13(11)31-18(22,23)24/h1-6,8H,7,9-10H2,(H,25,27). The number of para-hydroxylation sites is 1. The summed E-state index contributed by atoms with van der Waals surface area (Å²) in [5.41, 5.74) is -0.116. The first-order valence-corrected chi connectivity index (χ1v) is 8.36. The first kappa shape index (κ1) is 23.8. The van der Waals surface area contributed by atoms with Crippen LogP contribution in [0.15, 0.2) is 42.6 Å². The van der Waals surface area contributed by atoms with Crippen molar-refractivity contribution < 1.29 is 50.1 Å². The van der Waals surface area contributed by atoms with E-state index in [2.05, 4.69) is 19.8 Å². The molecule has 0 fully saturated rings. The molecule has 1 heterocycles. The van der Waals surface area contributed by atoms with E-state index in [0.717, 1.165) is 24.4 Å². The Morgan fingerprint density at radius 3 is 2.32 bits per heavy atom. The number of carbonyl (C=O) groups excluding carboxylic acids is 2. The van der Waals surface area contributed by atoms with Crippen molar-refractivity contribution in [2.45, 2.75) is 19.1 Å². The number of nitrogens with one attached hydrogen (secondary N) is 1. The molecule has 0 saturated carbocycles. The molecule has 168 valence electrons. The van der Waals surface area contributed by atoms with Crippen molar-refractivity contribution in [1.29, 1.82) is 0 Å². The molecule has 13 heteroatoms. The van der Waals surface area contributed by atoms with Crippen LogP contribution in [0.25, 0.3) is 0 Å². The maximum Gasteiger partial charge on any atom is 0.573 e. The fraction of sp³-hybridized carbons (Fsp3) is 0.278. The number of esters is 1. The minimum atomic E-state index is -4.91. The predicted molar refractivity (Wildman–Crippen MR) is 91.0 cm³/mol. The largest absolute Gasteiger partial charge is 0.573 e. The third kappa shape index (κ3) is 8.80. The monoisotopic (exact) mass is 452 g/mol. The van der Waals surface area contributed by atoms with E-state index in [1.807, 2.05) is 0 Å². The second-order valence-corrected chi connectivity index (χ2v) is 5.80. The van der Waals surface area contributed by atoms with E-state index >= 15 is 0 Å². The number of alkyl halides is 6. The molecule has 1 N–H and O–H groups in total. The molecule has 0 radical (unpaired) electrons. The normalized spacial score (nSPS) is 11.5. The van der Waals surface area contributed by atoms with Gasteiger partial charge < -0.3 is 19.5 Å². The van der Waals surface area contributed by atoms with Crippen molar-refractivity contribution in [3.63, 3.8) is 0 Å². The second kappa shape index (κ2) is 10.00. The van der Waals surface area contributed by atoms with Gasteiger partial charge in [0.15, 0.2) is 13.2 Å². The zero-order valence-corrected chi connectivity index (χ0v) is 15.4. The highest BCUT2D eigenvalue weighted by Gasteiger charge is 2.32. The van der Waals surface area contributed by atoms with E-state index in [-0.39, 0.29) is 23.6 Å². The number of halogens is 6. The van der Waals surface area contributed by atoms with Crippen molar-refractivity contribution in [2.75, 3.05) is 13.2 Å². The molecule has 2 rings (SSSR count). The lowest BCUT2D eigenvalue weighted by Gasteiger charge is -2.13. The van der Waals surface area contributed by atoms with Crippen LogP contribution < -0.4 is 14.8 Å². The summed E-state index contributed by atoms with van der Waals surface area (Å²) in [6, 6.07) is 7.25. The molecule has 0 bridgehead atoms. The summed E-state index contributed by atoms with van der Waals surface area (Å²) < 4.78 is 86.3. The Morgan fingerprint density at radius 1 is 1.00 bits per heavy atom. The van der Waals surface area contributed by atoms with E-state index < -0.39 is 43.4 Å². The van der Waals surface area contributed by atoms with Crippen molar-refractivity contribution in [1.82, 2.24) is 10.3 Å². The van der Waals surface area contributed by atoms with Crippen LogP contribution in [0.2, 0.25) is 0 Å². The molecule has 0 aliphatic heterocycles. The molecule has 31 heavy (non-hydrogen) atoms. The van der Waals surface area contributed by atoms with Crippen LogP contribution in [0.3, 0.4) is 0 Å². The van der Waals surface area contributed by atoms with Crippen LogP contribution >= 0.6 is 0 Å². The van der Waals surface area contributed by atoms with E-state index in [4.69, 9.17) is 4.74 Å². The van der Waals surface area contributed by atoms with Gasteiger partial charge >= 0.3 is 18.5 Å². The highest BCUT2D eigenvalue weighted by atomic mass is 19.4. The summed E-state index contributed by atoms with van der Waals surface area (Å²) in [4.78, 5) is 27.2. The van der Waals surface area contributed by atoms with Gasteiger partial charge in [0.05, 0.1) is 5.56 Å². The molecule has 2 aromatic rings. The lowest BCUT2D eigenvalue weighted by Crippen LogP contribution is -2.29. The first-order chi connectivity index (χ1) is 14.4. The lowest BCUT2D eigenvalue weighted by molar-refractivity contribution is -0.274. The molecule has 0 aliphatic carbocycles. The topological polar surface area (TPSA) is 86.8 Å². The highest BCUT2D eigenvalue weighted by Crippen LogP contribution is 2.26. The molecule has 7 nitrogen and oxygen atoms in total. The minimum Gasteiger partial charge on any atom is -0.468 e. The number of nitrogens with zero attached hydrogens (tertiary/aromatic N) is 1. The minimum absolute atomic E-state index is 0.0400. The summed E-state index contributed by atoms with van der Waals surface area (Å²) >= 11 is 0. The lowest BCUT2D eigenvalue weighted by atomic mass is 10.2. The molecule has 1 amide bonds. The smallest absolute Gasteiger partial charge is 0.468 e. The van der Waals surface area contributed by atoms with E-state index in [9.17, 15) is 35.9 Å². The van der Waals surface area contributed by atoms with Crippen LogP contribution in [0.1, 0.15) is 15.9 Å². The molecule has 0 spiro atoms. The summed E-state index contributed by atoms with van der Waals surface area (Å²) in [5, 5.41) is 2.27. The number of hydrogen-bond acceptors (Lipinski definition) is 6. The quantitative estimate of drug-likeness (QED) is 0.488. The SMILES string of the molecule is O=C(COC(=O)c1ccc(OCC(F)(F)F)nc1)NCc1ccccc1OC(F)(F)F.